The van der Waals surface area contributed by atoms with Gasteiger partial charge in [-0.3, -0.25) is 0 Å². The summed E-state index contributed by atoms with van der Waals surface area (Å²) in [6.45, 7) is 4.04. The molecule has 0 N–H and O–H groups in total. The summed E-state index contributed by atoms with van der Waals surface area (Å²) in [4.78, 5) is 22.3. The van der Waals surface area contributed by atoms with Gasteiger partial charge in [-0.2, -0.15) is 5.26 Å². The Morgan fingerprint density at radius 2 is 1.62 bits per heavy atom. The highest BCUT2D eigenvalue weighted by atomic mass is 15.3. The summed E-state index contributed by atoms with van der Waals surface area (Å²) in [7, 11) is 0. The van der Waals surface area contributed by atoms with E-state index in [0.29, 0.717) is 23.4 Å². The third-order valence-corrected chi connectivity index (χ3v) is 6.08. The van der Waals surface area contributed by atoms with Crippen molar-refractivity contribution in [3.05, 3.63) is 36.2 Å². The molecule has 2 atom stereocenters. The molecule has 3 aliphatic rings. The molecular formula is C19H21N7. The highest BCUT2D eigenvalue weighted by molar-refractivity contribution is 5.45. The number of anilines is 2. The maximum Gasteiger partial charge on any atom is 0.158 e. The normalized spacial score (nSPS) is 25.0. The smallest absolute Gasteiger partial charge is 0.158 e. The van der Waals surface area contributed by atoms with Gasteiger partial charge in [-0.15, -0.1) is 0 Å². The van der Waals surface area contributed by atoms with Crippen LogP contribution in [-0.4, -0.2) is 46.1 Å². The van der Waals surface area contributed by atoms with Crippen LogP contribution in [0.2, 0.25) is 0 Å². The first-order valence-electron chi connectivity index (χ1n) is 9.34. The summed E-state index contributed by atoms with van der Waals surface area (Å²) in [5.41, 5.74) is 1.58. The fourth-order valence-electron chi connectivity index (χ4n) is 4.37. The van der Waals surface area contributed by atoms with Gasteiger partial charge >= 0.3 is 0 Å². The van der Waals surface area contributed by atoms with Gasteiger partial charge in [0.1, 0.15) is 24.0 Å². The van der Waals surface area contributed by atoms with E-state index in [1.165, 1.54) is 25.0 Å². The van der Waals surface area contributed by atoms with Gasteiger partial charge in [0.2, 0.25) is 0 Å². The topological polar surface area (TPSA) is 81.8 Å². The van der Waals surface area contributed by atoms with Gasteiger partial charge in [0.25, 0.3) is 0 Å². The first-order chi connectivity index (χ1) is 12.8. The molecule has 1 saturated carbocycles. The molecule has 2 unspecified atom stereocenters. The lowest BCUT2D eigenvalue weighted by Crippen LogP contribution is -2.30. The van der Waals surface area contributed by atoms with E-state index in [0.717, 1.165) is 37.8 Å². The van der Waals surface area contributed by atoms with Gasteiger partial charge in [0.05, 0.1) is 12.4 Å². The first kappa shape index (κ1) is 15.5. The van der Waals surface area contributed by atoms with Crippen molar-refractivity contribution in [2.24, 2.45) is 11.8 Å². The third-order valence-electron chi connectivity index (χ3n) is 6.08. The standard InChI is InChI=1S/C19H21N7/c20-5-16-6-22-19(7-21-16)26-10-14-8-25(9-15(14)11-26)18-4-17(23-12-24-18)13-2-1-3-13/h4,6-7,12-15H,1-3,8-11H2. The molecule has 1 aliphatic carbocycles. The Morgan fingerprint density at radius 1 is 0.885 bits per heavy atom. The number of nitriles is 1. The molecule has 5 rings (SSSR count). The fraction of sp³-hybridized carbons (Fsp3) is 0.526. The van der Waals surface area contributed by atoms with Gasteiger partial charge < -0.3 is 9.80 Å². The predicted molar refractivity (Wildman–Crippen MR) is 96.8 cm³/mol. The van der Waals surface area contributed by atoms with Crippen molar-refractivity contribution in [3.63, 3.8) is 0 Å². The molecule has 7 heteroatoms. The summed E-state index contributed by atoms with van der Waals surface area (Å²) < 4.78 is 0. The average Bonchev–Trinajstić information content (AvgIpc) is 3.20. The van der Waals surface area contributed by atoms with Crippen molar-refractivity contribution in [1.82, 2.24) is 19.9 Å². The van der Waals surface area contributed by atoms with Crippen LogP contribution in [-0.2, 0) is 0 Å². The van der Waals surface area contributed by atoms with E-state index in [4.69, 9.17) is 5.26 Å². The maximum atomic E-state index is 8.85. The molecule has 2 aromatic rings. The number of hydrogen-bond acceptors (Lipinski definition) is 7. The Morgan fingerprint density at radius 3 is 2.19 bits per heavy atom. The van der Waals surface area contributed by atoms with Gasteiger partial charge in [-0.1, -0.05) is 6.42 Å². The SMILES string of the molecule is N#Cc1cnc(N2CC3CN(c4cc(C5CCC5)ncn4)CC3C2)cn1. The Kier molecular flexibility index (Phi) is 3.70. The molecule has 2 aromatic heterocycles. The summed E-state index contributed by atoms with van der Waals surface area (Å²) >= 11 is 0. The van der Waals surface area contributed by atoms with Crippen molar-refractivity contribution in [2.45, 2.75) is 25.2 Å². The van der Waals surface area contributed by atoms with Gasteiger partial charge in [0.15, 0.2) is 5.69 Å². The Balaban J connectivity index is 1.26. The van der Waals surface area contributed by atoms with Crippen molar-refractivity contribution in [3.8, 4) is 6.07 Å². The lowest BCUT2D eigenvalue weighted by atomic mass is 9.83. The summed E-state index contributed by atoms with van der Waals surface area (Å²) in [5.74, 6) is 3.84. The fourth-order valence-corrected chi connectivity index (χ4v) is 4.37. The molecule has 0 amide bonds. The molecule has 132 valence electrons. The quantitative estimate of drug-likeness (QED) is 0.839. The van der Waals surface area contributed by atoms with E-state index >= 15 is 0 Å². The zero-order valence-electron chi connectivity index (χ0n) is 14.6. The molecule has 0 spiro atoms. The third kappa shape index (κ3) is 2.66. The summed E-state index contributed by atoms with van der Waals surface area (Å²) in [6.07, 6.45) is 8.86. The predicted octanol–water partition coefficient (Wildman–Crippen LogP) is 1.98. The summed E-state index contributed by atoms with van der Waals surface area (Å²) in [6, 6.07) is 4.22. The maximum absolute atomic E-state index is 8.85. The number of hydrogen-bond donors (Lipinski definition) is 0. The molecule has 7 nitrogen and oxygen atoms in total. The Labute approximate surface area is 152 Å². The van der Waals surface area contributed by atoms with Crippen LogP contribution in [0, 0.1) is 23.2 Å². The monoisotopic (exact) mass is 347 g/mol. The van der Waals surface area contributed by atoms with Crippen LogP contribution in [0.1, 0.15) is 36.6 Å². The van der Waals surface area contributed by atoms with Gasteiger partial charge in [-0.05, 0) is 12.8 Å². The average molecular weight is 347 g/mol. The second kappa shape index (κ2) is 6.20. The second-order valence-electron chi connectivity index (χ2n) is 7.63. The number of nitrogens with zero attached hydrogens (tertiary/aromatic N) is 7. The van der Waals surface area contributed by atoms with E-state index < -0.39 is 0 Å². The zero-order chi connectivity index (χ0) is 17.5. The highest BCUT2D eigenvalue weighted by Gasteiger charge is 2.41. The molecule has 26 heavy (non-hydrogen) atoms. The molecule has 0 radical (unpaired) electrons. The lowest BCUT2D eigenvalue weighted by Gasteiger charge is -2.26. The molecule has 2 aliphatic heterocycles. The zero-order valence-corrected chi connectivity index (χ0v) is 14.6. The van der Waals surface area contributed by atoms with Crippen molar-refractivity contribution in [1.29, 1.82) is 5.26 Å². The van der Waals surface area contributed by atoms with Crippen LogP contribution in [0.15, 0.2) is 24.8 Å². The molecule has 0 aromatic carbocycles. The van der Waals surface area contributed by atoms with Crippen LogP contribution in [0.4, 0.5) is 11.6 Å². The molecule has 2 saturated heterocycles. The van der Waals surface area contributed by atoms with E-state index in [-0.39, 0.29) is 0 Å². The van der Waals surface area contributed by atoms with Crippen LogP contribution in [0.25, 0.3) is 0 Å². The minimum Gasteiger partial charge on any atom is -0.356 e. The largest absolute Gasteiger partial charge is 0.356 e. The number of aromatic nitrogens is 4. The Hall–Kier alpha value is -2.75. The van der Waals surface area contributed by atoms with Gasteiger partial charge in [0, 0.05) is 55.7 Å². The number of rotatable bonds is 3. The van der Waals surface area contributed by atoms with Crippen molar-refractivity contribution < 1.29 is 0 Å². The highest BCUT2D eigenvalue weighted by Crippen LogP contribution is 2.38. The van der Waals surface area contributed by atoms with E-state index in [1.54, 1.807) is 18.7 Å². The van der Waals surface area contributed by atoms with Crippen LogP contribution >= 0.6 is 0 Å². The number of fused-ring (bicyclic) bond motifs is 1. The first-order valence-corrected chi connectivity index (χ1v) is 9.34. The minimum atomic E-state index is 0.366. The van der Waals surface area contributed by atoms with Crippen LogP contribution in [0.3, 0.4) is 0 Å². The molecule has 3 fully saturated rings. The van der Waals surface area contributed by atoms with E-state index in [2.05, 4.69) is 35.8 Å². The molecular weight excluding hydrogens is 326 g/mol. The van der Waals surface area contributed by atoms with Crippen LogP contribution in [0.5, 0.6) is 0 Å². The van der Waals surface area contributed by atoms with Crippen molar-refractivity contribution in [2.75, 3.05) is 36.0 Å². The van der Waals surface area contributed by atoms with Crippen molar-refractivity contribution >= 4 is 11.6 Å². The Bertz CT molecular complexity index is 826. The lowest BCUT2D eigenvalue weighted by molar-refractivity contribution is 0.410. The van der Waals surface area contributed by atoms with Crippen LogP contribution < -0.4 is 9.80 Å². The summed E-state index contributed by atoms with van der Waals surface area (Å²) in [5, 5.41) is 8.85. The second-order valence-corrected chi connectivity index (χ2v) is 7.63. The minimum absolute atomic E-state index is 0.366. The van der Waals surface area contributed by atoms with E-state index in [9.17, 15) is 0 Å². The van der Waals surface area contributed by atoms with Gasteiger partial charge in [-0.25, -0.2) is 19.9 Å². The molecule has 4 heterocycles. The van der Waals surface area contributed by atoms with E-state index in [1.807, 2.05) is 6.07 Å². The molecule has 0 bridgehead atoms.